The lowest BCUT2D eigenvalue weighted by atomic mass is 10.1. The van der Waals surface area contributed by atoms with Crippen LogP contribution in [0.15, 0.2) is 24.3 Å². The summed E-state index contributed by atoms with van der Waals surface area (Å²) in [7, 11) is 1.67. The molecule has 0 aliphatic heterocycles. The van der Waals surface area contributed by atoms with Crippen LogP contribution < -0.4 is 10.1 Å². The Morgan fingerprint density at radius 1 is 1.50 bits per heavy atom. The Bertz CT molecular complexity index is 369. The number of nitrogens with one attached hydrogen (secondary N) is 1. The molecule has 2 N–H and O–H groups in total. The van der Waals surface area contributed by atoms with Gasteiger partial charge in [0.15, 0.2) is 0 Å². The number of hydrogen-bond donors (Lipinski definition) is 2. The monoisotopic (exact) mass is 269 g/mol. The Morgan fingerprint density at radius 2 is 2.22 bits per heavy atom. The summed E-state index contributed by atoms with van der Waals surface area (Å²) >= 11 is 1.65. The summed E-state index contributed by atoms with van der Waals surface area (Å²) in [5.74, 6) is 1.59. The zero-order valence-electron chi connectivity index (χ0n) is 11.6. The first-order chi connectivity index (χ1) is 8.48. The van der Waals surface area contributed by atoms with E-state index >= 15 is 0 Å². The van der Waals surface area contributed by atoms with Crippen LogP contribution in [-0.2, 0) is 0 Å². The van der Waals surface area contributed by atoms with Crippen LogP contribution in [0.5, 0.6) is 5.75 Å². The van der Waals surface area contributed by atoms with Gasteiger partial charge in [0, 0.05) is 18.3 Å². The Kier molecular flexibility index (Phi) is 5.99. The lowest BCUT2D eigenvalue weighted by molar-refractivity contribution is 0.0821. The molecular weight excluding hydrogens is 246 g/mol. The molecule has 0 aliphatic rings. The predicted octanol–water partition coefficient (Wildman–Crippen LogP) is 2.46. The number of aliphatic hydroxyl groups is 1. The second kappa shape index (κ2) is 7.02. The average molecular weight is 269 g/mol. The van der Waals surface area contributed by atoms with Gasteiger partial charge in [-0.3, -0.25) is 0 Å². The highest BCUT2D eigenvalue weighted by atomic mass is 32.2. The predicted molar refractivity (Wildman–Crippen MR) is 78.4 cm³/mol. The Morgan fingerprint density at radius 3 is 2.83 bits per heavy atom. The number of hydrogen-bond acceptors (Lipinski definition) is 4. The molecule has 102 valence electrons. The third-order valence-corrected chi connectivity index (χ3v) is 3.75. The summed E-state index contributed by atoms with van der Waals surface area (Å²) in [6.07, 6.45) is 2.00. The van der Waals surface area contributed by atoms with Crippen LogP contribution >= 0.6 is 11.8 Å². The number of benzene rings is 1. The summed E-state index contributed by atoms with van der Waals surface area (Å²) in [6, 6.07) is 8.17. The molecule has 2 atom stereocenters. The quantitative estimate of drug-likeness (QED) is 0.798. The van der Waals surface area contributed by atoms with Gasteiger partial charge in [0.1, 0.15) is 5.75 Å². The molecule has 1 aromatic rings. The van der Waals surface area contributed by atoms with Gasteiger partial charge in [0.05, 0.1) is 12.7 Å². The fourth-order valence-corrected chi connectivity index (χ4v) is 2.49. The van der Waals surface area contributed by atoms with Crippen molar-refractivity contribution in [2.24, 2.45) is 0 Å². The number of rotatable bonds is 7. The molecule has 3 nitrogen and oxygen atoms in total. The molecule has 0 saturated carbocycles. The zero-order chi connectivity index (χ0) is 13.6. The van der Waals surface area contributed by atoms with Gasteiger partial charge in [-0.25, -0.2) is 0 Å². The van der Waals surface area contributed by atoms with Crippen molar-refractivity contribution in [2.45, 2.75) is 25.5 Å². The number of ether oxygens (including phenoxy) is 1. The topological polar surface area (TPSA) is 41.5 Å². The second-order valence-electron chi connectivity index (χ2n) is 4.81. The first kappa shape index (κ1) is 15.3. The van der Waals surface area contributed by atoms with Gasteiger partial charge >= 0.3 is 0 Å². The number of methoxy groups -OCH3 is 1. The van der Waals surface area contributed by atoms with E-state index in [-0.39, 0.29) is 6.04 Å². The lowest BCUT2D eigenvalue weighted by Crippen LogP contribution is -2.40. The fraction of sp³-hybridized carbons (Fsp3) is 0.571. The molecule has 0 saturated heterocycles. The molecule has 0 aromatic heterocycles. The second-order valence-corrected chi connectivity index (χ2v) is 5.68. The normalized spacial score (nSPS) is 16.1. The molecule has 0 bridgehead atoms. The third kappa shape index (κ3) is 4.88. The van der Waals surface area contributed by atoms with Gasteiger partial charge in [-0.2, -0.15) is 11.8 Å². The van der Waals surface area contributed by atoms with Crippen molar-refractivity contribution in [3.63, 3.8) is 0 Å². The van der Waals surface area contributed by atoms with Crippen molar-refractivity contribution in [2.75, 3.05) is 25.7 Å². The van der Waals surface area contributed by atoms with E-state index < -0.39 is 5.60 Å². The van der Waals surface area contributed by atoms with Crippen molar-refractivity contribution in [1.82, 2.24) is 5.32 Å². The Balaban J connectivity index is 2.56. The molecular formula is C14H23NO2S. The highest BCUT2D eigenvalue weighted by Gasteiger charge is 2.20. The van der Waals surface area contributed by atoms with Crippen LogP contribution in [0.25, 0.3) is 0 Å². The van der Waals surface area contributed by atoms with Crippen LogP contribution in [0.3, 0.4) is 0 Å². The third-order valence-electron chi connectivity index (χ3n) is 2.84. The molecule has 18 heavy (non-hydrogen) atoms. The van der Waals surface area contributed by atoms with Crippen LogP contribution in [0, 0.1) is 0 Å². The summed E-state index contributed by atoms with van der Waals surface area (Å²) in [5.41, 5.74) is 0.487. The van der Waals surface area contributed by atoms with Gasteiger partial charge < -0.3 is 15.2 Å². The van der Waals surface area contributed by atoms with E-state index in [1.165, 1.54) is 0 Å². The summed E-state index contributed by atoms with van der Waals surface area (Å²) in [6.45, 7) is 4.52. The lowest BCUT2D eigenvalue weighted by Gasteiger charge is -2.25. The van der Waals surface area contributed by atoms with Gasteiger partial charge in [-0.05, 0) is 37.8 Å². The van der Waals surface area contributed by atoms with E-state index in [4.69, 9.17) is 4.74 Å². The standard InChI is InChI=1S/C14H23NO2S/c1-11(15-9-14(2,16)10-18-4)12-6-5-7-13(8-12)17-3/h5-8,11,15-16H,9-10H2,1-4H3. The van der Waals surface area contributed by atoms with Gasteiger partial charge in [0.2, 0.25) is 0 Å². The van der Waals surface area contributed by atoms with E-state index in [0.717, 1.165) is 17.1 Å². The maximum absolute atomic E-state index is 10.1. The number of thioether (sulfide) groups is 1. The smallest absolute Gasteiger partial charge is 0.119 e. The minimum atomic E-state index is -0.674. The molecule has 0 fully saturated rings. The highest BCUT2D eigenvalue weighted by Crippen LogP contribution is 2.19. The molecule has 0 spiro atoms. The van der Waals surface area contributed by atoms with E-state index in [0.29, 0.717) is 6.54 Å². The Labute approximate surface area is 114 Å². The van der Waals surface area contributed by atoms with Crippen molar-refractivity contribution < 1.29 is 9.84 Å². The summed E-state index contributed by atoms with van der Waals surface area (Å²) < 4.78 is 5.21. The first-order valence-electron chi connectivity index (χ1n) is 6.07. The van der Waals surface area contributed by atoms with Crippen molar-refractivity contribution in [1.29, 1.82) is 0 Å². The average Bonchev–Trinajstić information content (AvgIpc) is 2.36. The molecule has 0 aliphatic carbocycles. The molecule has 1 rings (SSSR count). The van der Waals surface area contributed by atoms with Crippen LogP contribution in [0.1, 0.15) is 25.5 Å². The molecule has 1 aromatic carbocycles. The van der Waals surface area contributed by atoms with E-state index in [9.17, 15) is 5.11 Å². The maximum Gasteiger partial charge on any atom is 0.119 e. The molecule has 0 radical (unpaired) electrons. The van der Waals surface area contributed by atoms with E-state index in [1.54, 1.807) is 18.9 Å². The molecule has 0 amide bonds. The van der Waals surface area contributed by atoms with Gasteiger partial charge in [-0.1, -0.05) is 12.1 Å². The highest BCUT2D eigenvalue weighted by molar-refractivity contribution is 7.98. The summed E-state index contributed by atoms with van der Waals surface area (Å²) in [4.78, 5) is 0. The van der Waals surface area contributed by atoms with Gasteiger partial charge in [0.25, 0.3) is 0 Å². The van der Waals surface area contributed by atoms with Crippen molar-refractivity contribution in [3.8, 4) is 5.75 Å². The Hall–Kier alpha value is -0.710. The first-order valence-corrected chi connectivity index (χ1v) is 7.46. The summed E-state index contributed by atoms with van der Waals surface area (Å²) in [5, 5.41) is 13.5. The van der Waals surface area contributed by atoms with Crippen molar-refractivity contribution >= 4 is 11.8 Å². The SMILES string of the molecule is COc1cccc(C(C)NCC(C)(O)CSC)c1. The maximum atomic E-state index is 10.1. The van der Waals surface area contributed by atoms with Crippen LogP contribution in [-0.4, -0.2) is 36.4 Å². The van der Waals surface area contributed by atoms with Crippen molar-refractivity contribution in [3.05, 3.63) is 29.8 Å². The molecule has 2 unspecified atom stereocenters. The van der Waals surface area contributed by atoms with Crippen LogP contribution in [0.4, 0.5) is 0 Å². The van der Waals surface area contributed by atoms with E-state index in [2.05, 4.69) is 18.3 Å². The molecule has 0 heterocycles. The minimum absolute atomic E-state index is 0.188. The fourth-order valence-electron chi connectivity index (χ4n) is 1.76. The molecule has 4 heteroatoms. The zero-order valence-corrected chi connectivity index (χ0v) is 12.4. The largest absolute Gasteiger partial charge is 0.497 e. The van der Waals surface area contributed by atoms with Crippen LogP contribution in [0.2, 0.25) is 0 Å². The minimum Gasteiger partial charge on any atom is -0.497 e. The van der Waals surface area contributed by atoms with Gasteiger partial charge in [-0.15, -0.1) is 0 Å². The van der Waals surface area contributed by atoms with E-state index in [1.807, 2.05) is 31.4 Å².